The molecule has 4 heteroatoms. The normalized spacial score (nSPS) is 11.5. The smallest absolute Gasteiger partial charge is 0.126 e. The molecule has 0 aliphatic carbocycles. The van der Waals surface area contributed by atoms with Gasteiger partial charge in [-0.05, 0) is 60.0 Å². The topological polar surface area (TPSA) is 54.3 Å². The van der Waals surface area contributed by atoms with Crippen molar-refractivity contribution in [2.45, 2.75) is 19.5 Å². The molecule has 0 saturated carbocycles. The quantitative estimate of drug-likeness (QED) is 0.627. The average molecular weight is 372 g/mol. The molecular formula is C24H24N2O2. The molecule has 0 radical (unpaired) electrons. The fourth-order valence-electron chi connectivity index (χ4n) is 3.15. The van der Waals surface area contributed by atoms with Crippen LogP contribution in [-0.4, -0.2) is 14.2 Å². The number of rotatable bonds is 7. The van der Waals surface area contributed by atoms with Crippen LogP contribution in [0.25, 0.3) is 11.1 Å². The first-order valence-electron chi connectivity index (χ1n) is 9.19. The van der Waals surface area contributed by atoms with Crippen molar-refractivity contribution in [2.24, 2.45) is 0 Å². The van der Waals surface area contributed by atoms with Crippen molar-refractivity contribution in [2.75, 3.05) is 14.2 Å². The third kappa shape index (κ3) is 4.51. The van der Waals surface area contributed by atoms with Crippen molar-refractivity contribution in [1.29, 1.82) is 5.26 Å². The van der Waals surface area contributed by atoms with Gasteiger partial charge >= 0.3 is 0 Å². The maximum atomic E-state index is 9.18. The minimum Gasteiger partial charge on any atom is -0.497 e. The van der Waals surface area contributed by atoms with Crippen LogP contribution in [0.4, 0.5) is 0 Å². The highest BCUT2D eigenvalue weighted by atomic mass is 16.5. The van der Waals surface area contributed by atoms with Crippen LogP contribution in [-0.2, 0) is 6.54 Å². The number of nitriles is 1. The highest BCUT2D eigenvalue weighted by Crippen LogP contribution is 2.31. The first kappa shape index (κ1) is 19.5. The van der Waals surface area contributed by atoms with E-state index in [1.165, 1.54) is 5.56 Å². The molecule has 0 spiro atoms. The molecule has 3 rings (SSSR count). The number of hydrogen-bond acceptors (Lipinski definition) is 4. The largest absolute Gasteiger partial charge is 0.497 e. The van der Waals surface area contributed by atoms with Gasteiger partial charge in [0.25, 0.3) is 0 Å². The monoisotopic (exact) mass is 372 g/mol. The molecule has 28 heavy (non-hydrogen) atoms. The summed E-state index contributed by atoms with van der Waals surface area (Å²) in [5, 5.41) is 12.7. The van der Waals surface area contributed by atoms with Crippen molar-refractivity contribution < 1.29 is 9.47 Å². The van der Waals surface area contributed by atoms with Gasteiger partial charge in [-0.25, -0.2) is 0 Å². The maximum Gasteiger partial charge on any atom is 0.126 e. The molecule has 0 amide bonds. The lowest BCUT2D eigenvalue weighted by atomic mass is 10.00. The number of ether oxygens (including phenoxy) is 2. The fraction of sp³-hybridized carbons (Fsp3) is 0.208. The third-order valence-electron chi connectivity index (χ3n) is 4.77. The minimum absolute atomic E-state index is 0.183. The molecule has 1 atom stereocenters. The molecule has 3 aromatic carbocycles. The van der Waals surface area contributed by atoms with Gasteiger partial charge in [0.2, 0.25) is 0 Å². The Morgan fingerprint density at radius 1 is 0.964 bits per heavy atom. The summed E-state index contributed by atoms with van der Waals surface area (Å²) in [5.74, 6) is 1.65. The van der Waals surface area contributed by atoms with E-state index in [2.05, 4.69) is 36.5 Å². The second kappa shape index (κ2) is 9.07. The molecule has 0 fully saturated rings. The number of methoxy groups -OCH3 is 2. The van der Waals surface area contributed by atoms with Gasteiger partial charge in [-0.3, -0.25) is 0 Å². The van der Waals surface area contributed by atoms with E-state index >= 15 is 0 Å². The van der Waals surface area contributed by atoms with Gasteiger partial charge in [-0.2, -0.15) is 5.26 Å². The molecule has 4 nitrogen and oxygen atoms in total. The summed E-state index contributed by atoms with van der Waals surface area (Å²) < 4.78 is 10.8. The average Bonchev–Trinajstić information content (AvgIpc) is 2.77. The van der Waals surface area contributed by atoms with E-state index in [9.17, 15) is 5.26 Å². The summed E-state index contributed by atoms with van der Waals surface area (Å²) in [7, 11) is 3.34. The van der Waals surface area contributed by atoms with Gasteiger partial charge in [-0.15, -0.1) is 0 Å². The van der Waals surface area contributed by atoms with Crippen LogP contribution in [0.15, 0.2) is 66.7 Å². The third-order valence-corrected chi connectivity index (χ3v) is 4.77. The summed E-state index contributed by atoms with van der Waals surface area (Å²) in [5.41, 5.74) is 4.91. The lowest BCUT2D eigenvalue weighted by Gasteiger charge is -2.16. The Kier molecular flexibility index (Phi) is 6.31. The van der Waals surface area contributed by atoms with Crippen LogP contribution in [0.5, 0.6) is 11.5 Å². The Balaban J connectivity index is 1.80. The van der Waals surface area contributed by atoms with Gasteiger partial charge in [0.1, 0.15) is 11.5 Å². The van der Waals surface area contributed by atoms with Gasteiger partial charge in [-0.1, -0.05) is 30.3 Å². The first-order valence-corrected chi connectivity index (χ1v) is 9.19. The Hall–Kier alpha value is -3.29. The summed E-state index contributed by atoms with van der Waals surface area (Å²) in [6.07, 6.45) is 0. The summed E-state index contributed by atoms with van der Waals surface area (Å²) >= 11 is 0. The molecule has 0 aliphatic heterocycles. The van der Waals surface area contributed by atoms with E-state index in [0.717, 1.165) is 28.2 Å². The minimum atomic E-state index is 0.183. The number of nitrogens with zero attached hydrogens (tertiary/aromatic N) is 1. The van der Waals surface area contributed by atoms with Crippen molar-refractivity contribution in [3.63, 3.8) is 0 Å². The molecule has 1 N–H and O–H groups in total. The van der Waals surface area contributed by atoms with Crippen LogP contribution in [0.1, 0.15) is 29.7 Å². The SMILES string of the molecule is COc1cccc(C(C)NCc2ccc(OC)c(-c3cccc(C#N)c3)c2)c1. The first-order chi connectivity index (χ1) is 13.6. The standard InChI is InChI=1S/C24H24N2O2/c1-17(20-7-5-9-22(14-20)27-2)26-16-19-10-11-24(28-3)23(13-19)21-8-4-6-18(12-21)15-25/h4-14,17,26H,16H2,1-3H3. The predicted octanol–water partition coefficient (Wildman–Crippen LogP) is 5.09. The summed E-state index contributed by atoms with van der Waals surface area (Å²) in [4.78, 5) is 0. The molecule has 0 heterocycles. The number of nitrogens with one attached hydrogen (secondary N) is 1. The molecular weight excluding hydrogens is 348 g/mol. The zero-order chi connectivity index (χ0) is 19.9. The predicted molar refractivity (Wildman–Crippen MR) is 111 cm³/mol. The Bertz CT molecular complexity index is 992. The van der Waals surface area contributed by atoms with Crippen molar-refractivity contribution in [3.8, 4) is 28.7 Å². The van der Waals surface area contributed by atoms with Crippen LogP contribution >= 0.6 is 0 Å². The van der Waals surface area contributed by atoms with E-state index in [4.69, 9.17) is 9.47 Å². The molecule has 3 aromatic rings. The summed E-state index contributed by atoms with van der Waals surface area (Å²) in [6.45, 7) is 2.85. The van der Waals surface area contributed by atoms with Gasteiger partial charge in [0, 0.05) is 18.2 Å². The van der Waals surface area contributed by atoms with Crippen molar-refractivity contribution in [1.82, 2.24) is 5.32 Å². The lowest BCUT2D eigenvalue weighted by Crippen LogP contribution is -2.18. The van der Waals surface area contributed by atoms with Crippen LogP contribution in [0, 0.1) is 11.3 Å². The molecule has 0 aliphatic rings. The van der Waals surface area contributed by atoms with E-state index in [1.54, 1.807) is 20.3 Å². The van der Waals surface area contributed by atoms with Gasteiger partial charge < -0.3 is 14.8 Å². The fourth-order valence-corrected chi connectivity index (χ4v) is 3.15. The summed E-state index contributed by atoms with van der Waals surface area (Å²) in [6, 6.07) is 24.2. The van der Waals surface area contributed by atoms with Crippen molar-refractivity contribution in [3.05, 3.63) is 83.4 Å². The van der Waals surface area contributed by atoms with E-state index in [0.29, 0.717) is 12.1 Å². The Morgan fingerprint density at radius 3 is 2.54 bits per heavy atom. The van der Waals surface area contributed by atoms with Crippen LogP contribution in [0.3, 0.4) is 0 Å². The Morgan fingerprint density at radius 2 is 1.79 bits per heavy atom. The number of hydrogen-bond donors (Lipinski definition) is 1. The molecule has 142 valence electrons. The lowest BCUT2D eigenvalue weighted by molar-refractivity contribution is 0.413. The van der Waals surface area contributed by atoms with Crippen LogP contribution < -0.4 is 14.8 Å². The molecule has 1 unspecified atom stereocenters. The van der Waals surface area contributed by atoms with Gasteiger partial charge in [0.15, 0.2) is 0 Å². The van der Waals surface area contributed by atoms with Crippen molar-refractivity contribution >= 4 is 0 Å². The van der Waals surface area contributed by atoms with Crippen LogP contribution in [0.2, 0.25) is 0 Å². The number of benzene rings is 3. The highest BCUT2D eigenvalue weighted by molar-refractivity contribution is 5.72. The second-order valence-electron chi connectivity index (χ2n) is 6.61. The highest BCUT2D eigenvalue weighted by Gasteiger charge is 2.10. The molecule has 0 saturated heterocycles. The Labute approximate surface area is 166 Å². The zero-order valence-corrected chi connectivity index (χ0v) is 16.4. The van der Waals surface area contributed by atoms with E-state index in [-0.39, 0.29) is 6.04 Å². The van der Waals surface area contributed by atoms with E-state index in [1.807, 2.05) is 42.5 Å². The zero-order valence-electron chi connectivity index (χ0n) is 16.4. The van der Waals surface area contributed by atoms with Gasteiger partial charge in [0.05, 0.1) is 25.9 Å². The molecule has 0 bridgehead atoms. The second-order valence-corrected chi connectivity index (χ2v) is 6.61. The maximum absolute atomic E-state index is 9.18. The molecule has 0 aromatic heterocycles. The van der Waals surface area contributed by atoms with E-state index < -0.39 is 0 Å².